The Bertz CT molecular complexity index is 860. The molecule has 0 atom stereocenters. The van der Waals surface area contributed by atoms with Crippen LogP contribution in [0, 0.1) is 15.9 Å². The van der Waals surface area contributed by atoms with Crippen LogP contribution in [0.3, 0.4) is 0 Å². The Labute approximate surface area is 150 Å². The van der Waals surface area contributed by atoms with Crippen molar-refractivity contribution >= 4 is 46.5 Å². The number of rotatable bonds is 5. The number of anilines is 1. The number of hydrogen-bond donors (Lipinski definition) is 1. The molecule has 0 spiro atoms. The number of non-ortho nitro benzene ring substituents is 1. The third-order valence-electron chi connectivity index (χ3n) is 2.92. The van der Waals surface area contributed by atoms with E-state index in [-0.39, 0.29) is 27.0 Å². The first-order valence-corrected chi connectivity index (χ1v) is 7.39. The van der Waals surface area contributed by atoms with Gasteiger partial charge in [-0.05, 0) is 24.3 Å². The zero-order valence-corrected chi connectivity index (χ0v) is 13.8. The minimum atomic E-state index is -0.952. The van der Waals surface area contributed by atoms with Gasteiger partial charge in [-0.2, -0.15) is 0 Å². The van der Waals surface area contributed by atoms with Crippen molar-refractivity contribution in [2.24, 2.45) is 0 Å². The van der Waals surface area contributed by atoms with Crippen molar-refractivity contribution in [3.63, 3.8) is 0 Å². The largest absolute Gasteiger partial charge is 0.452 e. The Kier molecular flexibility index (Phi) is 5.89. The van der Waals surface area contributed by atoms with Crippen LogP contribution >= 0.6 is 23.2 Å². The summed E-state index contributed by atoms with van der Waals surface area (Å²) < 4.78 is 18.3. The molecule has 2 aromatic rings. The van der Waals surface area contributed by atoms with Crippen LogP contribution in [-0.4, -0.2) is 23.4 Å². The first kappa shape index (κ1) is 18.6. The first-order chi connectivity index (χ1) is 11.8. The molecule has 130 valence electrons. The number of nitro groups is 1. The van der Waals surface area contributed by atoms with Crippen molar-refractivity contribution in [3.05, 3.63) is 67.9 Å². The predicted octanol–water partition coefficient (Wildman–Crippen LogP) is 3.84. The minimum Gasteiger partial charge on any atom is -0.452 e. The monoisotopic (exact) mass is 386 g/mol. The number of hydrogen-bond acceptors (Lipinski definition) is 5. The fraction of sp³-hybridized carbons (Fsp3) is 0.0667. The number of nitrogens with one attached hydrogen (secondary N) is 1. The van der Waals surface area contributed by atoms with Gasteiger partial charge in [0.15, 0.2) is 6.61 Å². The number of carbonyl (C=O) groups is 2. The number of halogens is 3. The number of carbonyl (C=O) groups excluding carboxylic acids is 2. The molecule has 0 fully saturated rings. The maximum absolute atomic E-state index is 13.6. The SMILES string of the molecule is O=C(COC(=O)c1ccc([N+](=O)[O-])cc1Cl)Nc1ccc(Cl)cc1F. The average Bonchev–Trinajstić information content (AvgIpc) is 2.55. The molecule has 0 aliphatic rings. The van der Waals surface area contributed by atoms with Crippen molar-refractivity contribution in [2.75, 3.05) is 11.9 Å². The average molecular weight is 387 g/mol. The number of amides is 1. The molecule has 0 saturated carbocycles. The topological polar surface area (TPSA) is 98.5 Å². The van der Waals surface area contributed by atoms with E-state index >= 15 is 0 Å². The summed E-state index contributed by atoms with van der Waals surface area (Å²) in [4.78, 5) is 33.5. The van der Waals surface area contributed by atoms with Gasteiger partial charge in [0.2, 0.25) is 0 Å². The smallest absolute Gasteiger partial charge is 0.340 e. The summed E-state index contributed by atoms with van der Waals surface area (Å²) in [5.74, 6) is -2.48. The zero-order chi connectivity index (χ0) is 18.6. The third kappa shape index (κ3) is 4.88. The Morgan fingerprint density at radius 3 is 2.52 bits per heavy atom. The van der Waals surface area contributed by atoms with Crippen LogP contribution in [0.2, 0.25) is 10.0 Å². The van der Waals surface area contributed by atoms with Crippen molar-refractivity contribution in [3.8, 4) is 0 Å². The number of esters is 1. The van der Waals surface area contributed by atoms with Gasteiger partial charge in [0.25, 0.3) is 11.6 Å². The van der Waals surface area contributed by atoms with E-state index in [9.17, 15) is 24.1 Å². The van der Waals surface area contributed by atoms with Gasteiger partial charge in [0, 0.05) is 17.2 Å². The molecule has 0 aromatic heterocycles. The number of nitrogens with zero attached hydrogens (tertiary/aromatic N) is 1. The van der Waals surface area contributed by atoms with E-state index in [1.54, 1.807) is 0 Å². The fourth-order valence-corrected chi connectivity index (χ4v) is 2.18. The molecule has 2 rings (SSSR count). The van der Waals surface area contributed by atoms with Crippen LogP contribution in [0.25, 0.3) is 0 Å². The van der Waals surface area contributed by atoms with Crippen molar-refractivity contribution in [1.29, 1.82) is 0 Å². The molecule has 0 aliphatic carbocycles. The molecule has 0 aliphatic heterocycles. The quantitative estimate of drug-likeness (QED) is 0.478. The lowest BCUT2D eigenvalue weighted by molar-refractivity contribution is -0.384. The van der Waals surface area contributed by atoms with Crippen LogP contribution in [0.1, 0.15) is 10.4 Å². The van der Waals surface area contributed by atoms with Crippen LogP contribution in [0.15, 0.2) is 36.4 Å². The highest BCUT2D eigenvalue weighted by Gasteiger charge is 2.17. The Morgan fingerprint density at radius 2 is 1.92 bits per heavy atom. The van der Waals surface area contributed by atoms with Crippen LogP contribution < -0.4 is 5.32 Å². The van der Waals surface area contributed by atoms with E-state index < -0.39 is 29.2 Å². The molecule has 0 radical (unpaired) electrons. The van der Waals surface area contributed by atoms with Gasteiger partial charge in [-0.15, -0.1) is 0 Å². The highest BCUT2D eigenvalue weighted by Crippen LogP contribution is 2.23. The van der Waals surface area contributed by atoms with E-state index in [4.69, 9.17) is 27.9 Å². The first-order valence-electron chi connectivity index (χ1n) is 6.64. The summed E-state index contributed by atoms with van der Waals surface area (Å²) in [5.41, 5.74) is -0.561. The van der Waals surface area contributed by atoms with Gasteiger partial charge in [0.1, 0.15) is 5.82 Å². The molecule has 2 aromatic carbocycles. The summed E-state index contributed by atoms with van der Waals surface area (Å²) in [6.07, 6.45) is 0. The lowest BCUT2D eigenvalue weighted by Crippen LogP contribution is -2.21. The predicted molar refractivity (Wildman–Crippen MR) is 88.4 cm³/mol. The van der Waals surface area contributed by atoms with Crippen LogP contribution in [0.4, 0.5) is 15.8 Å². The number of benzene rings is 2. The normalized spacial score (nSPS) is 10.2. The highest BCUT2D eigenvalue weighted by molar-refractivity contribution is 6.33. The summed E-state index contributed by atoms with van der Waals surface area (Å²) in [7, 11) is 0. The highest BCUT2D eigenvalue weighted by atomic mass is 35.5. The lowest BCUT2D eigenvalue weighted by atomic mass is 10.2. The second-order valence-corrected chi connectivity index (χ2v) is 5.51. The Morgan fingerprint density at radius 1 is 1.20 bits per heavy atom. The van der Waals surface area contributed by atoms with E-state index in [0.717, 1.165) is 24.3 Å². The summed E-state index contributed by atoms with van der Waals surface area (Å²) in [6, 6.07) is 6.82. The Hall–Kier alpha value is -2.71. The Balaban J connectivity index is 1.97. The molecule has 1 N–H and O–H groups in total. The second kappa shape index (κ2) is 7.91. The van der Waals surface area contributed by atoms with Crippen LogP contribution in [-0.2, 0) is 9.53 Å². The molecule has 25 heavy (non-hydrogen) atoms. The lowest BCUT2D eigenvalue weighted by Gasteiger charge is -2.08. The molecule has 0 heterocycles. The molecule has 1 amide bonds. The standard InChI is InChI=1S/C15H9Cl2FN2O5/c16-8-1-4-13(12(18)5-8)19-14(21)7-25-15(22)10-3-2-9(20(23)24)6-11(10)17/h1-6H,7H2,(H,19,21). The molecule has 10 heteroatoms. The van der Waals surface area contributed by atoms with E-state index in [1.165, 1.54) is 12.1 Å². The van der Waals surface area contributed by atoms with E-state index in [2.05, 4.69) is 5.32 Å². The fourth-order valence-electron chi connectivity index (χ4n) is 1.77. The number of ether oxygens (including phenoxy) is 1. The van der Waals surface area contributed by atoms with E-state index in [1.807, 2.05) is 0 Å². The summed E-state index contributed by atoms with van der Waals surface area (Å²) in [5, 5.41) is 12.8. The molecule has 0 saturated heterocycles. The second-order valence-electron chi connectivity index (χ2n) is 4.67. The molecular formula is C15H9Cl2FN2O5. The van der Waals surface area contributed by atoms with Gasteiger partial charge in [-0.1, -0.05) is 23.2 Å². The van der Waals surface area contributed by atoms with Crippen molar-refractivity contribution in [2.45, 2.75) is 0 Å². The summed E-state index contributed by atoms with van der Waals surface area (Å²) >= 11 is 11.4. The number of nitro benzene ring substituents is 1. The molecular weight excluding hydrogens is 378 g/mol. The maximum atomic E-state index is 13.6. The van der Waals surface area contributed by atoms with Gasteiger partial charge >= 0.3 is 5.97 Å². The molecule has 0 bridgehead atoms. The van der Waals surface area contributed by atoms with Gasteiger partial charge in [-0.25, -0.2) is 9.18 Å². The summed E-state index contributed by atoms with van der Waals surface area (Å²) in [6.45, 7) is -0.700. The van der Waals surface area contributed by atoms with Gasteiger partial charge in [-0.3, -0.25) is 14.9 Å². The van der Waals surface area contributed by atoms with Crippen LogP contribution in [0.5, 0.6) is 0 Å². The van der Waals surface area contributed by atoms with Gasteiger partial charge in [0.05, 0.1) is 21.2 Å². The molecule has 0 unspecified atom stereocenters. The molecule has 7 nitrogen and oxygen atoms in total. The zero-order valence-electron chi connectivity index (χ0n) is 12.3. The van der Waals surface area contributed by atoms with E-state index in [0.29, 0.717) is 0 Å². The maximum Gasteiger partial charge on any atom is 0.340 e. The van der Waals surface area contributed by atoms with Gasteiger partial charge < -0.3 is 10.1 Å². The minimum absolute atomic E-state index is 0.126. The van der Waals surface area contributed by atoms with Crippen molar-refractivity contribution in [1.82, 2.24) is 0 Å². The third-order valence-corrected chi connectivity index (χ3v) is 3.47. The van der Waals surface area contributed by atoms with Crippen molar-refractivity contribution < 1.29 is 23.6 Å².